The highest BCUT2D eigenvalue weighted by atomic mass is 79.9. The van der Waals surface area contributed by atoms with E-state index in [1.54, 1.807) is 11.8 Å². The van der Waals surface area contributed by atoms with E-state index < -0.39 is 9.05 Å². The second-order valence-electron chi connectivity index (χ2n) is 5.51. The van der Waals surface area contributed by atoms with Crippen LogP contribution in [0.5, 0.6) is 0 Å². The summed E-state index contributed by atoms with van der Waals surface area (Å²) < 4.78 is 23.6. The maximum Gasteiger partial charge on any atom is 0.261 e. The van der Waals surface area contributed by atoms with Gasteiger partial charge < -0.3 is 4.90 Å². The molecule has 1 unspecified atom stereocenters. The van der Waals surface area contributed by atoms with Crippen LogP contribution in [0.15, 0.2) is 21.5 Å². The summed E-state index contributed by atoms with van der Waals surface area (Å²) in [5.41, 5.74) is 1.11. The number of carbonyl (C=O) groups is 1. The fraction of sp³-hybridized carbons (Fsp3) is 0.500. The van der Waals surface area contributed by atoms with E-state index in [0.717, 1.165) is 18.4 Å². The van der Waals surface area contributed by atoms with Crippen LogP contribution in [0.1, 0.15) is 35.7 Å². The van der Waals surface area contributed by atoms with E-state index >= 15 is 0 Å². The molecular weight excluding hydrogens is 378 g/mol. The lowest BCUT2D eigenvalue weighted by molar-refractivity contribution is 0.0682. The summed E-state index contributed by atoms with van der Waals surface area (Å²) in [4.78, 5) is 14.4. The zero-order valence-electron chi connectivity index (χ0n) is 11.9. The number of likely N-dealkylation sites (tertiary alicyclic amines) is 1. The average Bonchev–Trinajstić information content (AvgIpc) is 2.39. The normalized spacial score (nSPS) is 19.6. The maximum absolute atomic E-state index is 12.7. The van der Waals surface area contributed by atoms with Crippen LogP contribution in [0.4, 0.5) is 0 Å². The third-order valence-corrected chi connectivity index (χ3v) is 5.93. The van der Waals surface area contributed by atoms with Gasteiger partial charge in [0.2, 0.25) is 0 Å². The van der Waals surface area contributed by atoms with E-state index in [1.165, 1.54) is 12.1 Å². The van der Waals surface area contributed by atoms with Gasteiger partial charge in [-0.3, -0.25) is 4.79 Å². The van der Waals surface area contributed by atoms with Crippen LogP contribution in [-0.2, 0) is 9.05 Å². The maximum atomic E-state index is 12.7. The Morgan fingerprint density at radius 1 is 1.43 bits per heavy atom. The first kappa shape index (κ1) is 16.8. The van der Waals surface area contributed by atoms with Crippen LogP contribution in [0, 0.1) is 12.8 Å². The summed E-state index contributed by atoms with van der Waals surface area (Å²) >= 11 is 3.30. The summed E-state index contributed by atoms with van der Waals surface area (Å²) in [6.45, 7) is 5.31. The molecule has 1 amide bonds. The lowest BCUT2D eigenvalue weighted by atomic mass is 9.99. The number of hydrogen-bond donors (Lipinski definition) is 0. The molecule has 1 aromatic rings. The van der Waals surface area contributed by atoms with Gasteiger partial charge in [-0.2, -0.15) is 0 Å². The molecule has 1 heterocycles. The molecule has 0 saturated carbocycles. The molecule has 1 aliphatic heterocycles. The quantitative estimate of drug-likeness (QED) is 0.721. The zero-order valence-corrected chi connectivity index (χ0v) is 15.1. The van der Waals surface area contributed by atoms with Crippen molar-refractivity contribution in [3.8, 4) is 0 Å². The fourth-order valence-electron chi connectivity index (χ4n) is 2.56. The molecule has 0 bridgehead atoms. The number of hydrogen-bond acceptors (Lipinski definition) is 3. The van der Waals surface area contributed by atoms with Crippen molar-refractivity contribution >= 4 is 41.6 Å². The summed E-state index contributed by atoms with van der Waals surface area (Å²) in [6, 6.07) is 2.79. The Morgan fingerprint density at radius 3 is 2.67 bits per heavy atom. The first-order valence-corrected chi connectivity index (χ1v) is 9.84. The van der Waals surface area contributed by atoms with Crippen molar-refractivity contribution in [2.45, 2.75) is 31.6 Å². The van der Waals surface area contributed by atoms with Crippen LogP contribution < -0.4 is 0 Å². The van der Waals surface area contributed by atoms with Crippen molar-refractivity contribution in [3.63, 3.8) is 0 Å². The Morgan fingerprint density at radius 2 is 2.10 bits per heavy atom. The molecule has 0 aliphatic carbocycles. The minimum absolute atomic E-state index is 0.0601. The van der Waals surface area contributed by atoms with Gasteiger partial charge in [-0.1, -0.05) is 22.9 Å². The number of carbonyl (C=O) groups excluding carboxylic acids is 1. The highest BCUT2D eigenvalue weighted by molar-refractivity contribution is 9.10. The Bertz CT molecular complexity index is 675. The van der Waals surface area contributed by atoms with Crippen molar-refractivity contribution in [2.24, 2.45) is 5.92 Å². The minimum atomic E-state index is -3.87. The van der Waals surface area contributed by atoms with Crippen LogP contribution in [-0.4, -0.2) is 32.3 Å². The molecule has 2 rings (SSSR count). The molecular formula is C14H17BrClNO3S. The number of amides is 1. The Balaban J connectivity index is 2.43. The van der Waals surface area contributed by atoms with Crippen LogP contribution in [0.25, 0.3) is 0 Å². The third-order valence-electron chi connectivity index (χ3n) is 3.77. The van der Waals surface area contributed by atoms with Gasteiger partial charge in [-0.15, -0.1) is 0 Å². The largest absolute Gasteiger partial charge is 0.338 e. The predicted molar refractivity (Wildman–Crippen MR) is 86.2 cm³/mol. The highest BCUT2D eigenvalue weighted by Gasteiger charge is 2.25. The summed E-state index contributed by atoms with van der Waals surface area (Å²) in [5.74, 6) is 0.327. The smallest absolute Gasteiger partial charge is 0.261 e. The van der Waals surface area contributed by atoms with Gasteiger partial charge in [0, 0.05) is 33.8 Å². The number of halogens is 2. The number of benzene rings is 1. The van der Waals surface area contributed by atoms with E-state index in [2.05, 4.69) is 22.9 Å². The topological polar surface area (TPSA) is 54.5 Å². The van der Waals surface area contributed by atoms with Crippen LogP contribution in [0.2, 0.25) is 0 Å². The average molecular weight is 395 g/mol. The monoisotopic (exact) mass is 393 g/mol. The molecule has 7 heteroatoms. The molecule has 1 aliphatic rings. The third kappa shape index (κ3) is 3.79. The lowest BCUT2D eigenvalue weighted by Crippen LogP contribution is -2.39. The van der Waals surface area contributed by atoms with E-state index in [-0.39, 0.29) is 10.8 Å². The Kier molecular flexibility index (Phi) is 5.00. The molecule has 1 saturated heterocycles. The Labute approximate surface area is 138 Å². The van der Waals surface area contributed by atoms with E-state index in [9.17, 15) is 13.2 Å². The molecule has 0 aromatic heterocycles. The summed E-state index contributed by atoms with van der Waals surface area (Å²) in [7, 11) is 1.53. The van der Waals surface area contributed by atoms with Gasteiger partial charge in [-0.25, -0.2) is 8.42 Å². The zero-order chi connectivity index (χ0) is 15.8. The fourth-order valence-corrected chi connectivity index (χ4v) is 3.96. The molecule has 0 spiro atoms. The van der Waals surface area contributed by atoms with E-state index in [1.807, 2.05) is 0 Å². The van der Waals surface area contributed by atoms with Crippen LogP contribution >= 0.6 is 26.6 Å². The van der Waals surface area contributed by atoms with Crippen molar-refractivity contribution in [2.75, 3.05) is 13.1 Å². The highest BCUT2D eigenvalue weighted by Crippen LogP contribution is 2.28. The van der Waals surface area contributed by atoms with Gasteiger partial charge in [0.15, 0.2) is 0 Å². The van der Waals surface area contributed by atoms with Crippen molar-refractivity contribution in [1.82, 2.24) is 4.90 Å². The standard InChI is InChI=1S/C14H17BrClNO3S/c1-9-4-3-5-17(8-9)14(18)12-6-11(21(16,19)20)7-13(15)10(12)2/h6-7,9H,3-5,8H2,1-2H3. The van der Waals surface area contributed by atoms with Crippen molar-refractivity contribution in [3.05, 3.63) is 27.7 Å². The number of nitrogens with zero attached hydrogens (tertiary/aromatic N) is 1. The number of rotatable bonds is 2. The molecule has 1 fully saturated rings. The molecule has 21 heavy (non-hydrogen) atoms. The van der Waals surface area contributed by atoms with Gasteiger partial charge in [-0.05, 0) is 43.4 Å². The second-order valence-corrected chi connectivity index (χ2v) is 8.93. The van der Waals surface area contributed by atoms with Crippen molar-refractivity contribution in [1.29, 1.82) is 0 Å². The van der Waals surface area contributed by atoms with Crippen LogP contribution in [0.3, 0.4) is 0 Å². The van der Waals surface area contributed by atoms with E-state index in [4.69, 9.17) is 10.7 Å². The summed E-state index contributed by atoms with van der Waals surface area (Å²) in [6.07, 6.45) is 2.09. The summed E-state index contributed by atoms with van der Waals surface area (Å²) in [5, 5.41) is 0. The predicted octanol–water partition coefficient (Wildman–Crippen LogP) is 3.56. The lowest BCUT2D eigenvalue weighted by Gasteiger charge is -2.31. The molecule has 0 N–H and O–H groups in total. The van der Waals surface area contributed by atoms with Gasteiger partial charge >= 0.3 is 0 Å². The van der Waals surface area contributed by atoms with Gasteiger partial charge in [0.25, 0.3) is 15.0 Å². The minimum Gasteiger partial charge on any atom is -0.338 e. The first-order chi connectivity index (χ1) is 9.70. The Hall–Kier alpha value is -0.590. The molecule has 0 radical (unpaired) electrons. The van der Waals surface area contributed by atoms with Gasteiger partial charge in [0.05, 0.1) is 4.90 Å². The molecule has 1 aromatic carbocycles. The second kappa shape index (κ2) is 6.26. The molecule has 116 valence electrons. The van der Waals surface area contributed by atoms with E-state index in [0.29, 0.717) is 29.0 Å². The molecule has 4 nitrogen and oxygen atoms in total. The molecule has 1 atom stereocenters. The van der Waals surface area contributed by atoms with Gasteiger partial charge in [0.1, 0.15) is 0 Å². The number of piperidine rings is 1. The van der Waals surface area contributed by atoms with Crippen molar-refractivity contribution < 1.29 is 13.2 Å². The first-order valence-electron chi connectivity index (χ1n) is 6.74. The SMILES string of the molecule is Cc1c(Br)cc(S(=O)(=O)Cl)cc1C(=O)N1CCCC(C)C1.